The van der Waals surface area contributed by atoms with Crippen LogP contribution in [-0.2, 0) is 10.0 Å². The van der Waals surface area contributed by atoms with Crippen LogP contribution in [0.4, 0.5) is 11.4 Å². The van der Waals surface area contributed by atoms with Crippen molar-refractivity contribution >= 4 is 27.3 Å². The van der Waals surface area contributed by atoms with E-state index in [9.17, 15) is 13.2 Å². The van der Waals surface area contributed by atoms with Gasteiger partial charge in [-0.3, -0.25) is 9.52 Å². The fourth-order valence-corrected chi connectivity index (χ4v) is 3.49. The lowest BCUT2D eigenvalue weighted by molar-refractivity contribution is 0.102. The Balaban J connectivity index is 1.73. The summed E-state index contributed by atoms with van der Waals surface area (Å²) in [5, 5.41) is 2.76. The minimum atomic E-state index is -3.68. The van der Waals surface area contributed by atoms with Gasteiger partial charge in [-0.05, 0) is 55.5 Å². The molecular weight excluding hydrogens is 348 g/mol. The van der Waals surface area contributed by atoms with Gasteiger partial charge in [0, 0.05) is 16.9 Å². The van der Waals surface area contributed by atoms with E-state index in [1.165, 1.54) is 12.1 Å². The van der Waals surface area contributed by atoms with E-state index in [0.29, 0.717) is 16.9 Å². The third-order valence-electron chi connectivity index (χ3n) is 3.73. The lowest BCUT2D eigenvalue weighted by Crippen LogP contribution is -2.14. The van der Waals surface area contributed by atoms with E-state index in [1.807, 2.05) is 25.1 Å². The maximum atomic E-state index is 12.4. The molecule has 132 valence electrons. The predicted octanol–water partition coefficient (Wildman–Crippen LogP) is 4.05. The Hall–Kier alpha value is -3.12. The fourth-order valence-electron chi connectivity index (χ4n) is 2.43. The minimum absolute atomic E-state index is 0.120. The van der Waals surface area contributed by atoms with Crippen LogP contribution in [0.1, 0.15) is 15.9 Å². The zero-order valence-corrected chi connectivity index (χ0v) is 15.0. The van der Waals surface area contributed by atoms with Gasteiger partial charge in [-0.1, -0.05) is 35.9 Å². The van der Waals surface area contributed by atoms with Crippen LogP contribution in [0.25, 0.3) is 0 Å². The maximum Gasteiger partial charge on any atom is 0.261 e. The number of para-hydroxylation sites is 1. The topological polar surface area (TPSA) is 75.3 Å². The highest BCUT2D eigenvalue weighted by Crippen LogP contribution is 2.18. The van der Waals surface area contributed by atoms with Crippen LogP contribution in [0.5, 0.6) is 0 Å². The van der Waals surface area contributed by atoms with E-state index in [4.69, 9.17) is 0 Å². The van der Waals surface area contributed by atoms with Crippen LogP contribution >= 0.6 is 0 Å². The van der Waals surface area contributed by atoms with Crippen molar-refractivity contribution in [2.24, 2.45) is 0 Å². The Labute approximate surface area is 152 Å². The fraction of sp³-hybridized carbons (Fsp3) is 0.0500. The molecule has 2 N–H and O–H groups in total. The van der Waals surface area contributed by atoms with Gasteiger partial charge in [0.05, 0.1) is 4.90 Å². The van der Waals surface area contributed by atoms with Crippen molar-refractivity contribution in [3.63, 3.8) is 0 Å². The van der Waals surface area contributed by atoms with Crippen molar-refractivity contribution in [1.82, 2.24) is 0 Å². The third kappa shape index (κ3) is 4.29. The molecule has 0 saturated carbocycles. The average molecular weight is 366 g/mol. The summed E-state index contributed by atoms with van der Waals surface area (Å²) in [4.78, 5) is 12.4. The molecule has 0 saturated heterocycles. The van der Waals surface area contributed by atoms with E-state index in [2.05, 4.69) is 10.0 Å². The number of anilines is 2. The number of sulfonamides is 1. The molecule has 3 aromatic carbocycles. The van der Waals surface area contributed by atoms with Gasteiger partial charge in [0.1, 0.15) is 0 Å². The van der Waals surface area contributed by atoms with E-state index in [0.717, 1.165) is 5.56 Å². The molecule has 0 radical (unpaired) electrons. The molecule has 0 unspecified atom stereocenters. The maximum absolute atomic E-state index is 12.4. The van der Waals surface area contributed by atoms with Crippen LogP contribution in [0, 0.1) is 6.92 Å². The highest BCUT2D eigenvalue weighted by molar-refractivity contribution is 7.92. The Morgan fingerprint density at radius 1 is 0.808 bits per heavy atom. The molecule has 6 heteroatoms. The number of nitrogens with one attached hydrogen (secondary N) is 2. The standard InChI is InChI=1S/C20H18N2O3S/c1-15-6-5-7-16(14-15)20(23)21-17-10-12-19(13-11-17)26(24,25)22-18-8-3-2-4-9-18/h2-14,22H,1H3,(H,21,23). The lowest BCUT2D eigenvalue weighted by atomic mass is 10.1. The molecule has 0 fully saturated rings. The minimum Gasteiger partial charge on any atom is -0.322 e. The van der Waals surface area contributed by atoms with Gasteiger partial charge in [-0.15, -0.1) is 0 Å². The molecule has 0 spiro atoms. The number of amides is 1. The molecular formula is C20H18N2O3S. The summed E-state index contributed by atoms with van der Waals surface area (Å²) in [5.41, 5.74) is 2.55. The zero-order chi connectivity index (χ0) is 18.6. The molecule has 0 aliphatic rings. The first kappa shape index (κ1) is 17.7. The summed E-state index contributed by atoms with van der Waals surface area (Å²) >= 11 is 0. The first-order valence-corrected chi connectivity index (χ1v) is 9.48. The van der Waals surface area contributed by atoms with Crippen molar-refractivity contribution in [2.45, 2.75) is 11.8 Å². The number of carbonyl (C=O) groups is 1. The number of carbonyl (C=O) groups excluding carboxylic acids is 1. The summed E-state index contributed by atoms with van der Waals surface area (Å²) in [5.74, 6) is -0.244. The van der Waals surface area contributed by atoms with Gasteiger partial charge in [0.15, 0.2) is 0 Å². The first-order chi connectivity index (χ1) is 12.4. The van der Waals surface area contributed by atoms with Crippen molar-refractivity contribution in [3.05, 3.63) is 90.0 Å². The van der Waals surface area contributed by atoms with Gasteiger partial charge in [0.2, 0.25) is 0 Å². The molecule has 0 bridgehead atoms. The summed E-state index contributed by atoms with van der Waals surface area (Å²) in [6.07, 6.45) is 0. The number of benzene rings is 3. The number of rotatable bonds is 5. The number of hydrogen-bond acceptors (Lipinski definition) is 3. The van der Waals surface area contributed by atoms with Crippen LogP contribution in [0.3, 0.4) is 0 Å². The molecule has 1 amide bonds. The third-order valence-corrected chi connectivity index (χ3v) is 5.13. The van der Waals surface area contributed by atoms with Gasteiger partial charge >= 0.3 is 0 Å². The largest absolute Gasteiger partial charge is 0.322 e. The second kappa shape index (κ2) is 7.41. The highest BCUT2D eigenvalue weighted by atomic mass is 32.2. The van der Waals surface area contributed by atoms with Crippen molar-refractivity contribution < 1.29 is 13.2 Å². The zero-order valence-electron chi connectivity index (χ0n) is 14.1. The van der Waals surface area contributed by atoms with Gasteiger partial charge < -0.3 is 5.32 Å². The van der Waals surface area contributed by atoms with E-state index >= 15 is 0 Å². The molecule has 0 aliphatic heterocycles. The van der Waals surface area contributed by atoms with Crippen LogP contribution in [0.15, 0.2) is 83.8 Å². The first-order valence-electron chi connectivity index (χ1n) is 8.00. The molecule has 0 heterocycles. The Bertz CT molecular complexity index is 1010. The van der Waals surface area contributed by atoms with Crippen LogP contribution < -0.4 is 10.0 Å². The summed E-state index contributed by atoms with van der Waals surface area (Å²) in [6.45, 7) is 1.91. The van der Waals surface area contributed by atoms with Gasteiger partial charge in [0.25, 0.3) is 15.9 Å². The summed E-state index contributed by atoms with van der Waals surface area (Å²) < 4.78 is 27.3. The van der Waals surface area contributed by atoms with Gasteiger partial charge in [-0.25, -0.2) is 8.42 Å². The molecule has 0 atom stereocenters. The predicted molar refractivity (Wildman–Crippen MR) is 103 cm³/mol. The number of aryl methyl sites for hydroxylation is 1. The quantitative estimate of drug-likeness (QED) is 0.715. The lowest BCUT2D eigenvalue weighted by Gasteiger charge is -2.09. The second-order valence-electron chi connectivity index (χ2n) is 5.82. The average Bonchev–Trinajstić information content (AvgIpc) is 2.62. The summed E-state index contributed by atoms with van der Waals surface area (Å²) in [7, 11) is -3.68. The van der Waals surface area contributed by atoms with Crippen molar-refractivity contribution in [3.8, 4) is 0 Å². The Morgan fingerprint density at radius 3 is 2.15 bits per heavy atom. The molecule has 3 aromatic rings. The van der Waals surface area contributed by atoms with Gasteiger partial charge in [-0.2, -0.15) is 0 Å². The molecule has 5 nitrogen and oxygen atoms in total. The Morgan fingerprint density at radius 2 is 1.50 bits per heavy atom. The molecule has 26 heavy (non-hydrogen) atoms. The monoisotopic (exact) mass is 366 g/mol. The highest BCUT2D eigenvalue weighted by Gasteiger charge is 2.14. The molecule has 0 aliphatic carbocycles. The smallest absolute Gasteiger partial charge is 0.261 e. The van der Waals surface area contributed by atoms with E-state index < -0.39 is 10.0 Å². The number of hydrogen-bond donors (Lipinski definition) is 2. The van der Waals surface area contributed by atoms with Crippen LogP contribution in [0.2, 0.25) is 0 Å². The van der Waals surface area contributed by atoms with E-state index in [-0.39, 0.29) is 10.8 Å². The SMILES string of the molecule is Cc1cccc(C(=O)Nc2ccc(S(=O)(=O)Nc3ccccc3)cc2)c1. The van der Waals surface area contributed by atoms with E-state index in [1.54, 1.807) is 48.5 Å². The van der Waals surface area contributed by atoms with Crippen LogP contribution in [-0.4, -0.2) is 14.3 Å². The molecule has 0 aromatic heterocycles. The normalized spacial score (nSPS) is 11.0. The summed E-state index contributed by atoms with van der Waals surface area (Å²) in [6, 6.07) is 21.9. The Kier molecular flexibility index (Phi) is 5.04. The second-order valence-corrected chi connectivity index (χ2v) is 7.50. The van der Waals surface area contributed by atoms with Crippen molar-refractivity contribution in [1.29, 1.82) is 0 Å². The molecule has 3 rings (SSSR count). The van der Waals surface area contributed by atoms with Crippen molar-refractivity contribution in [2.75, 3.05) is 10.0 Å².